The third kappa shape index (κ3) is 5.29. The molecule has 0 heterocycles. The van der Waals surface area contributed by atoms with Crippen molar-refractivity contribution in [1.82, 2.24) is 0 Å². The lowest BCUT2D eigenvalue weighted by atomic mass is 9.82. The highest BCUT2D eigenvalue weighted by Gasteiger charge is 2.21. The lowest BCUT2D eigenvalue weighted by Crippen LogP contribution is -1.94. The molecule has 0 unspecified atom stereocenters. The monoisotopic (exact) mass is 710 g/mol. The van der Waals surface area contributed by atoms with Crippen LogP contribution in [0.5, 0.6) is 0 Å². The number of fused-ring (bicyclic) bond motifs is 6. The van der Waals surface area contributed by atoms with Gasteiger partial charge < -0.3 is 0 Å². The van der Waals surface area contributed by atoms with Crippen molar-refractivity contribution >= 4 is 59.4 Å². The van der Waals surface area contributed by atoms with Crippen LogP contribution >= 0.6 is 0 Å². The summed E-state index contributed by atoms with van der Waals surface area (Å²) in [7, 11) is 0. The van der Waals surface area contributed by atoms with Crippen molar-refractivity contribution in [3.05, 3.63) is 212 Å². The van der Waals surface area contributed by atoms with Gasteiger partial charge >= 0.3 is 0 Å². The molecule has 0 fully saturated rings. The molecule has 0 saturated carbocycles. The van der Waals surface area contributed by atoms with Crippen LogP contribution in [0.4, 0.5) is 0 Å². The van der Waals surface area contributed by atoms with Crippen LogP contribution in [0.2, 0.25) is 0 Å². The molecule has 0 heteroatoms. The lowest BCUT2D eigenvalue weighted by Gasteiger charge is -2.21. The minimum atomic E-state index is 1.08. The van der Waals surface area contributed by atoms with Gasteiger partial charge in [0.25, 0.3) is 0 Å². The maximum absolute atomic E-state index is 2.42. The SMILES string of the molecule is C1=CC(c2c3ccccc3cc3c2ccc2c(-c4c5ccccc5c(-c5cc(-c6ccccc6)cc(-c6ccccc6)c5)c5ccccc45)cccc23)=CCC1. The Hall–Kier alpha value is -7.02. The first-order valence-electron chi connectivity index (χ1n) is 19.7. The number of benzene rings is 10. The van der Waals surface area contributed by atoms with Crippen LogP contribution in [-0.2, 0) is 0 Å². The van der Waals surface area contributed by atoms with Crippen LogP contribution in [0.1, 0.15) is 18.4 Å². The Balaban J connectivity index is 1.20. The van der Waals surface area contributed by atoms with Crippen LogP contribution in [0.3, 0.4) is 0 Å². The van der Waals surface area contributed by atoms with Crippen LogP contribution in [0.15, 0.2) is 206 Å². The minimum Gasteiger partial charge on any atom is -0.0836 e. The fourth-order valence-electron chi connectivity index (χ4n) is 9.33. The van der Waals surface area contributed by atoms with E-state index in [9.17, 15) is 0 Å². The van der Waals surface area contributed by atoms with E-state index in [1.165, 1.54) is 110 Å². The van der Waals surface area contributed by atoms with Gasteiger partial charge in [-0.15, -0.1) is 0 Å². The van der Waals surface area contributed by atoms with Crippen molar-refractivity contribution in [1.29, 1.82) is 0 Å². The van der Waals surface area contributed by atoms with Gasteiger partial charge in [0, 0.05) is 0 Å². The van der Waals surface area contributed by atoms with E-state index in [2.05, 4.69) is 206 Å². The molecule has 0 spiro atoms. The quantitative estimate of drug-likeness (QED) is 0.123. The average Bonchev–Trinajstić information content (AvgIpc) is 3.28. The van der Waals surface area contributed by atoms with E-state index in [4.69, 9.17) is 0 Å². The van der Waals surface area contributed by atoms with E-state index in [0.717, 1.165) is 12.8 Å². The maximum Gasteiger partial charge on any atom is -0.00201 e. The molecule has 0 amide bonds. The molecule has 0 N–H and O–H groups in total. The molecule has 0 radical (unpaired) electrons. The molecule has 10 aromatic carbocycles. The standard InChI is InChI=1S/C56H38/c1-4-17-37(18-5-1)41-33-42(38-19-6-2-7-20-38)35-43(34-41)55-48-25-12-14-27-50(48)56(51-28-15-13-26-49(51)55)47-30-16-29-45-46(47)31-32-52-53(45)36-40-23-10-11-24-44(40)54(52)39-21-8-3-9-22-39/h1-2,4-8,10-36H,3,9H2. The van der Waals surface area contributed by atoms with Crippen molar-refractivity contribution in [2.75, 3.05) is 0 Å². The third-order valence-corrected chi connectivity index (χ3v) is 11.8. The molecule has 0 nitrogen and oxygen atoms in total. The number of allylic oxidation sites excluding steroid dienone is 4. The Bertz CT molecular complexity index is 3100. The highest BCUT2D eigenvalue weighted by Crippen LogP contribution is 2.48. The van der Waals surface area contributed by atoms with Gasteiger partial charge in [-0.1, -0.05) is 182 Å². The second kappa shape index (κ2) is 13.4. The number of hydrogen-bond acceptors (Lipinski definition) is 0. The predicted molar refractivity (Wildman–Crippen MR) is 242 cm³/mol. The van der Waals surface area contributed by atoms with Gasteiger partial charge in [-0.05, 0) is 147 Å². The normalized spacial score (nSPS) is 12.9. The summed E-state index contributed by atoms with van der Waals surface area (Å²) in [6.07, 6.45) is 9.24. The molecule has 0 aliphatic heterocycles. The van der Waals surface area contributed by atoms with Gasteiger partial charge in [0.05, 0.1) is 0 Å². The molecule has 10 aromatic rings. The summed E-state index contributed by atoms with van der Waals surface area (Å²) in [6.45, 7) is 0. The molecular formula is C56H38. The zero-order valence-electron chi connectivity index (χ0n) is 31.0. The topological polar surface area (TPSA) is 0 Å². The Labute approximate surface area is 327 Å². The average molecular weight is 711 g/mol. The summed E-state index contributed by atoms with van der Waals surface area (Å²) >= 11 is 0. The number of hydrogen-bond donors (Lipinski definition) is 0. The van der Waals surface area contributed by atoms with Crippen molar-refractivity contribution < 1.29 is 0 Å². The molecule has 56 heavy (non-hydrogen) atoms. The summed E-state index contributed by atoms with van der Waals surface area (Å²) in [5.41, 5.74) is 12.6. The zero-order valence-corrected chi connectivity index (χ0v) is 31.0. The number of rotatable bonds is 5. The zero-order chi connectivity index (χ0) is 37.0. The summed E-state index contributed by atoms with van der Waals surface area (Å²) < 4.78 is 0. The van der Waals surface area contributed by atoms with Gasteiger partial charge in [-0.25, -0.2) is 0 Å². The molecule has 1 aliphatic carbocycles. The Morgan fingerprint density at radius 2 is 0.804 bits per heavy atom. The van der Waals surface area contributed by atoms with Crippen molar-refractivity contribution in [2.24, 2.45) is 0 Å². The van der Waals surface area contributed by atoms with Crippen LogP contribution in [-0.4, -0.2) is 0 Å². The van der Waals surface area contributed by atoms with Crippen molar-refractivity contribution in [2.45, 2.75) is 12.8 Å². The van der Waals surface area contributed by atoms with Gasteiger partial charge in [-0.2, -0.15) is 0 Å². The van der Waals surface area contributed by atoms with Gasteiger partial charge in [-0.3, -0.25) is 0 Å². The van der Waals surface area contributed by atoms with E-state index in [-0.39, 0.29) is 0 Å². The third-order valence-electron chi connectivity index (χ3n) is 11.8. The second-order valence-corrected chi connectivity index (χ2v) is 15.0. The maximum atomic E-state index is 2.42. The molecule has 1 aliphatic rings. The van der Waals surface area contributed by atoms with E-state index in [1.54, 1.807) is 0 Å². The lowest BCUT2D eigenvalue weighted by molar-refractivity contribution is 1.04. The Kier molecular flexibility index (Phi) is 7.74. The Morgan fingerprint density at radius 1 is 0.286 bits per heavy atom. The van der Waals surface area contributed by atoms with E-state index >= 15 is 0 Å². The van der Waals surface area contributed by atoms with Crippen LogP contribution in [0, 0.1) is 0 Å². The molecule has 0 aromatic heterocycles. The molecule has 0 atom stereocenters. The molecule has 262 valence electrons. The summed E-state index contributed by atoms with van der Waals surface area (Å²) in [6, 6.07) is 69.7. The Morgan fingerprint density at radius 3 is 1.43 bits per heavy atom. The smallest absolute Gasteiger partial charge is 0.00201 e. The van der Waals surface area contributed by atoms with Crippen molar-refractivity contribution in [3.8, 4) is 44.5 Å². The van der Waals surface area contributed by atoms with E-state index < -0.39 is 0 Å². The highest BCUT2D eigenvalue weighted by atomic mass is 14.2. The fourth-order valence-corrected chi connectivity index (χ4v) is 9.33. The minimum absolute atomic E-state index is 1.08. The summed E-state index contributed by atoms with van der Waals surface area (Å²) in [5, 5.41) is 12.8. The fraction of sp³-hybridized carbons (Fsp3) is 0.0357. The highest BCUT2D eigenvalue weighted by molar-refractivity contribution is 6.26. The molecule has 11 rings (SSSR count). The largest absolute Gasteiger partial charge is 0.0836 e. The van der Waals surface area contributed by atoms with Gasteiger partial charge in [0.1, 0.15) is 0 Å². The van der Waals surface area contributed by atoms with Crippen LogP contribution < -0.4 is 0 Å². The molecular weight excluding hydrogens is 673 g/mol. The van der Waals surface area contributed by atoms with Crippen LogP contribution in [0.25, 0.3) is 104 Å². The van der Waals surface area contributed by atoms with E-state index in [1.807, 2.05) is 0 Å². The van der Waals surface area contributed by atoms with E-state index in [0.29, 0.717) is 0 Å². The van der Waals surface area contributed by atoms with Gasteiger partial charge in [0.2, 0.25) is 0 Å². The summed E-state index contributed by atoms with van der Waals surface area (Å²) in [5.74, 6) is 0. The molecule has 0 saturated heterocycles. The molecule has 0 bridgehead atoms. The predicted octanol–water partition coefficient (Wildman–Crippen LogP) is 15.9. The first kappa shape index (κ1) is 32.4. The first-order valence-corrected chi connectivity index (χ1v) is 19.7. The second-order valence-electron chi connectivity index (χ2n) is 15.0. The summed E-state index contributed by atoms with van der Waals surface area (Å²) in [4.78, 5) is 0. The first-order chi connectivity index (χ1) is 27.8. The van der Waals surface area contributed by atoms with Crippen molar-refractivity contribution in [3.63, 3.8) is 0 Å². The van der Waals surface area contributed by atoms with Gasteiger partial charge in [0.15, 0.2) is 0 Å².